The SMILES string of the molecule is CCc1ccccc1Nc1nc(N)ncc1Cl. The molecule has 0 unspecified atom stereocenters. The minimum atomic E-state index is 0.200. The number of nitrogen functional groups attached to an aromatic ring is 1. The van der Waals surface area contributed by atoms with Gasteiger partial charge >= 0.3 is 0 Å². The van der Waals surface area contributed by atoms with E-state index in [2.05, 4.69) is 28.3 Å². The molecule has 5 heteroatoms. The fourth-order valence-corrected chi connectivity index (χ4v) is 1.68. The first kappa shape index (κ1) is 11.7. The molecule has 0 amide bonds. The number of hydrogen-bond acceptors (Lipinski definition) is 4. The molecule has 1 aromatic carbocycles. The van der Waals surface area contributed by atoms with Crippen molar-refractivity contribution < 1.29 is 0 Å². The van der Waals surface area contributed by atoms with Gasteiger partial charge in [0, 0.05) is 5.69 Å². The van der Waals surface area contributed by atoms with Gasteiger partial charge in [0.15, 0.2) is 5.82 Å². The van der Waals surface area contributed by atoms with Crippen LogP contribution in [0.1, 0.15) is 12.5 Å². The molecule has 2 aromatic rings. The Balaban J connectivity index is 2.34. The number of nitrogens with two attached hydrogens (primary N) is 1. The zero-order valence-electron chi connectivity index (χ0n) is 9.44. The van der Waals surface area contributed by atoms with Crippen LogP contribution in [0.25, 0.3) is 0 Å². The fraction of sp³-hybridized carbons (Fsp3) is 0.167. The van der Waals surface area contributed by atoms with Crippen molar-refractivity contribution in [1.82, 2.24) is 9.97 Å². The van der Waals surface area contributed by atoms with Crippen LogP contribution < -0.4 is 11.1 Å². The number of hydrogen-bond donors (Lipinski definition) is 2. The van der Waals surface area contributed by atoms with Crippen molar-refractivity contribution in [2.75, 3.05) is 11.1 Å². The molecular formula is C12H13ClN4. The monoisotopic (exact) mass is 248 g/mol. The van der Waals surface area contributed by atoms with Crippen LogP contribution in [-0.2, 0) is 6.42 Å². The number of nitrogens with one attached hydrogen (secondary N) is 1. The van der Waals surface area contributed by atoms with Crippen molar-refractivity contribution in [3.8, 4) is 0 Å². The molecule has 0 saturated heterocycles. The number of rotatable bonds is 3. The Morgan fingerprint density at radius 3 is 2.88 bits per heavy atom. The molecule has 2 rings (SSSR count). The Kier molecular flexibility index (Phi) is 3.44. The molecule has 88 valence electrons. The maximum absolute atomic E-state index is 6.00. The van der Waals surface area contributed by atoms with E-state index >= 15 is 0 Å². The molecule has 1 aromatic heterocycles. The number of benzene rings is 1. The smallest absolute Gasteiger partial charge is 0.222 e. The van der Waals surface area contributed by atoms with E-state index in [-0.39, 0.29) is 5.95 Å². The second-order valence-corrected chi connectivity index (χ2v) is 3.97. The van der Waals surface area contributed by atoms with Crippen molar-refractivity contribution in [2.24, 2.45) is 0 Å². The number of anilines is 3. The van der Waals surface area contributed by atoms with Crippen LogP contribution in [0.3, 0.4) is 0 Å². The van der Waals surface area contributed by atoms with Crippen molar-refractivity contribution in [1.29, 1.82) is 0 Å². The minimum Gasteiger partial charge on any atom is -0.368 e. The van der Waals surface area contributed by atoms with Gasteiger partial charge in [-0.1, -0.05) is 36.7 Å². The molecule has 0 aliphatic rings. The Morgan fingerprint density at radius 1 is 1.35 bits per heavy atom. The van der Waals surface area contributed by atoms with Crippen molar-refractivity contribution in [2.45, 2.75) is 13.3 Å². The molecule has 0 aliphatic heterocycles. The van der Waals surface area contributed by atoms with E-state index in [1.165, 1.54) is 11.8 Å². The summed E-state index contributed by atoms with van der Waals surface area (Å²) in [6.07, 6.45) is 2.42. The van der Waals surface area contributed by atoms with E-state index < -0.39 is 0 Å². The second kappa shape index (κ2) is 5.01. The van der Waals surface area contributed by atoms with Crippen LogP contribution in [0.15, 0.2) is 30.5 Å². The Bertz CT molecular complexity index is 528. The molecular weight excluding hydrogens is 236 g/mol. The number of nitrogens with zero attached hydrogens (tertiary/aromatic N) is 2. The molecule has 0 atom stereocenters. The van der Waals surface area contributed by atoms with E-state index in [4.69, 9.17) is 17.3 Å². The van der Waals surface area contributed by atoms with Crippen LogP contribution in [0.5, 0.6) is 0 Å². The Morgan fingerprint density at radius 2 is 2.12 bits per heavy atom. The minimum absolute atomic E-state index is 0.200. The van der Waals surface area contributed by atoms with Crippen LogP contribution >= 0.6 is 11.6 Å². The molecule has 0 fully saturated rings. The van der Waals surface area contributed by atoms with Crippen LogP contribution in [0.4, 0.5) is 17.5 Å². The lowest BCUT2D eigenvalue weighted by molar-refractivity contribution is 1.13. The maximum Gasteiger partial charge on any atom is 0.222 e. The lowest BCUT2D eigenvalue weighted by Crippen LogP contribution is -2.01. The predicted molar refractivity (Wildman–Crippen MR) is 70.6 cm³/mol. The summed E-state index contributed by atoms with van der Waals surface area (Å²) in [6.45, 7) is 2.09. The first-order chi connectivity index (χ1) is 8.20. The number of halogens is 1. The van der Waals surface area contributed by atoms with Gasteiger partial charge < -0.3 is 11.1 Å². The highest BCUT2D eigenvalue weighted by molar-refractivity contribution is 6.32. The average molecular weight is 249 g/mol. The van der Waals surface area contributed by atoms with E-state index in [1.54, 1.807) is 0 Å². The Labute approximate surface area is 105 Å². The molecule has 0 spiro atoms. The van der Waals surface area contributed by atoms with Gasteiger partial charge in [0.25, 0.3) is 0 Å². The third kappa shape index (κ3) is 2.65. The maximum atomic E-state index is 6.00. The molecule has 0 saturated carbocycles. The zero-order valence-corrected chi connectivity index (χ0v) is 10.2. The second-order valence-electron chi connectivity index (χ2n) is 3.56. The number of aryl methyl sites for hydroxylation is 1. The molecule has 4 nitrogen and oxygen atoms in total. The van der Waals surface area contributed by atoms with Crippen molar-refractivity contribution in [3.63, 3.8) is 0 Å². The van der Waals surface area contributed by atoms with Gasteiger partial charge in [0.1, 0.15) is 5.02 Å². The van der Waals surface area contributed by atoms with Crippen LogP contribution in [0, 0.1) is 0 Å². The third-order valence-electron chi connectivity index (χ3n) is 2.41. The van der Waals surface area contributed by atoms with Crippen molar-refractivity contribution in [3.05, 3.63) is 41.0 Å². The summed E-state index contributed by atoms with van der Waals surface area (Å²) >= 11 is 6.00. The van der Waals surface area contributed by atoms with Gasteiger partial charge in [-0.25, -0.2) is 4.98 Å². The highest BCUT2D eigenvalue weighted by Gasteiger charge is 2.06. The normalized spacial score (nSPS) is 10.2. The Hall–Kier alpha value is -1.81. The van der Waals surface area contributed by atoms with Gasteiger partial charge in [-0.05, 0) is 18.1 Å². The highest BCUT2D eigenvalue weighted by atomic mass is 35.5. The summed E-state index contributed by atoms with van der Waals surface area (Å²) in [4.78, 5) is 7.89. The average Bonchev–Trinajstić information content (AvgIpc) is 2.34. The zero-order chi connectivity index (χ0) is 12.3. The van der Waals surface area contributed by atoms with Crippen molar-refractivity contribution >= 4 is 29.1 Å². The molecule has 0 radical (unpaired) electrons. The van der Waals surface area contributed by atoms with Gasteiger partial charge in [-0.15, -0.1) is 0 Å². The summed E-state index contributed by atoms with van der Waals surface area (Å²) in [5.41, 5.74) is 7.71. The molecule has 0 bridgehead atoms. The summed E-state index contributed by atoms with van der Waals surface area (Å²) in [5, 5.41) is 3.62. The van der Waals surface area contributed by atoms with Gasteiger partial charge in [0.05, 0.1) is 6.20 Å². The standard InChI is InChI=1S/C12H13ClN4/c1-2-8-5-3-4-6-10(8)16-11-9(13)7-15-12(14)17-11/h3-7H,2H2,1H3,(H3,14,15,16,17). The predicted octanol–water partition coefficient (Wildman–Crippen LogP) is 3.02. The largest absolute Gasteiger partial charge is 0.368 e. The van der Waals surface area contributed by atoms with Gasteiger partial charge in [0.2, 0.25) is 5.95 Å². The lowest BCUT2D eigenvalue weighted by atomic mass is 10.1. The third-order valence-corrected chi connectivity index (χ3v) is 2.69. The van der Waals surface area contributed by atoms with E-state index in [1.807, 2.05) is 18.2 Å². The van der Waals surface area contributed by atoms with E-state index in [0.29, 0.717) is 10.8 Å². The molecule has 0 aliphatic carbocycles. The summed E-state index contributed by atoms with van der Waals surface area (Å²) < 4.78 is 0. The first-order valence-corrected chi connectivity index (χ1v) is 5.71. The van der Waals surface area contributed by atoms with E-state index in [0.717, 1.165) is 12.1 Å². The molecule has 1 heterocycles. The van der Waals surface area contributed by atoms with Crippen LogP contribution in [-0.4, -0.2) is 9.97 Å². The van der Waals surface area contributed by atoms with Gasteiger partial charge in [-0.2, -0.15) is 4.98 Å². The first-order valence-electron chi connectivity index (χ1n) is 5.33. The van der Waals surface area contributed by atoms with E-state index in [9.17, 15) is 0 Å². The topological polar surface area (TPSA) is 63.8 Å². The lowest BCUT2D eigenvalue weighted by Gasteiger charge is -2.11. The number of para-hydroxylation sites is 1. The number of aromatic nitrogens is 2. The summed E-state index contributed by atoms with van der Waals surface area (Å²) in [5.74, 6) is 0.728. The molecule has 17 heavy (non-hydrogen) atoms. The highest BCUT2D eigenvalue weighted by Crippen LogP contribution is 2.25. The van der Waals surface area contributed by atoms with Gasteiger partial charge in [-0.3, -0.25) is 0 Å². The van der Waals surface area contributed by atoms with Crippen LogP contribution in [0.2, 0.25) is 5.02 Å². The molecule has 3 N–H and O–H groups in total. The summed E-state index contributed by atoms with van der Waals surface area (Å²) in [6, 6.07) is 7.99. The fourth-order valence-electron chi connectivity index (χ4n) is 1.55. The summed E-state index contributed by atoms with van der Waals surface area (Å²) in [7, 11) is 0. The quantitative estimate of drug-likeness (QED) is 0.876.